The molecule has 0 aliphatic heterocycles. The van der Waals surface area contributed by atoms with Crippen molar-refractivity contribution < 1.29 is 14.3 Å². The van der Waals surface area contributed by atoms with Crippen LogP contribution in [0.4, 0.5) is 0 Å². The van der Waals surface area contributed by atoms with Crippen LogP contribution in [0.1, 0.15) is 5.56 Å². The standard InChI is InChI=1S/C10H9NO4S/c11-6(9(12)13)4-5-2-1-3-7-8(5)16-10(14)15-7/h1-3,6H,4,11H2,(H,12,13). The van der Waals surface area contributed by atoms with Crippen LogP contribution < -0.4 is 10.7 Å². The molecule has 2 aromatic rings. The summed E-state index contributed by atoms with van der Waals surface area (Å²) in [6.07, 6.45) is 0.183. The van der Waals surface area contributed by atoms with Gasteiger partial charge in [0, 0.05) is 0 Å². The Morgan fingerprint density at radius 1 is 1.56 bits per heavy atom. The van der Waals surface area contributed by atoms with Gasteiger partial charge >= 0.3 is 10.9 Å². The number of rotatable bonds is 3. The Bertz CT molecular complexity index is 586. The van der Waals surface area contributed by atoms with Gasteiger partial charge in [-0.05, 0) is 18.1 Å². The van der Waals surface area contributed by atoms with E-state index >= 15 is 0 Å². The molecule has 0 radical (unpaired) electrons. The Hall–Kier alpha value is -1.66. The molecule has 0 fully saturated rings. The van der Waals surface area contributed by atoms with Crippen molar-refractivity contribution in [1.82, 2.24) is 0 Å². The van der Waals surface area contributed by atoms with Crippen molar-refractivity contribution in [3.63, 3.8) is 0 Å². The molecular formula is C10H9NO4S. The number of carboxylic acid groups (broad SMARTS) is 1. The van der Waals surface area contributed by atoms with Crippen molar-refractivity contribution in [2.24, 2.45) is 5.73 Å². The minimum absolute atomic E-state index is 0.183. The van der Waals surface area contributed by atoms with Gasteiger partial charge in [0.15, 0.2) is 0 Å². The van der Waals surface area contributed by atoms with E-state index in [1.54, 1.807) is 18.2 Å². The van der Waals surface area contributed by atoms with Gasteiger partial charge in [0.1, 0.15) is 11.6 Å². The SMILES string of the molecule is NC(Cc1cccc2oc(=O)sc12)C(=O)O. The maximum absolute atomic E-state index is 11.1. The van der Waals surface area contributed by atoms with Gasteiger partial charge in [-0.15, -0.1) is 0 Å². The summed E-state index contributed by atoms with van der Waals surface area (Å²) in [5, 5.41) is 8.71. The van der Waals surface area contributed by atoms with Crippen LogP contribution in [0, 0.1) is 0 Å². The second kappa shape index (κ2) is 4.07. The first-order valence-corrected chi connectivity index (χ1v) is 5.39. The van der Waals surface area contributed by atoms with E-state index in [1.807, 2.05) is 0 Å². The zero-order chi connectivity index (χ0) is 11.7. The van der Waals surface area contributed by atoms with Gasteiger partial charge in [0.05, 0.1) is 4.70 Å². The summed E-state index contributed by atoms with van der Waals surface area (Å²) in [6.45, 7) is 0. The highest BCUT2D eigenvalue weighted by Gasteiger charge is 2.15. The molecule has 2 rings (SSSR count). The Morgan fingerprint density at radius 2 is 2.31 bits per heavy atom. The van der Waals surface area contributed by atoms with E-state index in [2.05, 4.69) is 0 Å². The van der Waals surface area contributed by atoms with Crippen molar-refractivity contribution >= 4 is 27.6 Å². The normalized spacial score (nSPS) is 12.8. The average Bonchev–Trinajstić information content (AvgIpc) is 2.59. The van der Waals surface area contributed by atoms with Gasteiger partial charge in [0.2, 0.25) is 0 Å². The van der Waals surface area contributed by atoms with Crippen molar-refractivity contribution in [3.8, 4) is 0 Å². The predicted octanol–water partition coefficient (Wildman–Crippen LogP) is 0.809. The summed E-state index contributed by atoms with van der Waals surface area (Å²) >= 11 is 0.962. The molecule has 1 heterocycles. The van der Waals surface area contributed by atoms with Crippen LogP contribution in [0.15, 0.2) is 27.4 Å². The van der Waals surface area contributed by atoms with Gasteiger partial charge < -0.3 is 15.3 Å². The highest BCUT2D eigenvalue weighted by Crippen LogP contribution is 2.22. The van der Waals surface area contributed by atoms with Gasteiger partial charge in [0.25, 0.3) is 0 Å². The molecule has 0 spiro atoms. The van der Waals surface area contributed by atoms with Gasteiger partial charge in [-0.25, -0.2) is 4.79 Å². The quantitative estimate of drug-likeness (QED) is 0.826. The molecule has 5 nitrogen and oxygen atoms in total. The molecule has 1 unspecified atom stereocenters. The minimum atomic E-state index is -1.06. The number of carboxylic acids is 1. The molecule has 0 aliphatic rings. The Labute approximate surface area is 94.1 Å². The number of aliphatic carboxylic acids is 1. The van der Waals surface area contributed by atoms with Crippen LogP contribution in [0.25, 0.3) is 10.3 Å². The van der Waals surface area contributed by atoms with Crippen molar-refractivity contribution in [3.05, 3.63) is 33.5 Å². The zero-order valence-electron chi connectivity index (χ0n) is 8.17. The first kappa shape index (κ1) is 10.8. The molecule has 0 amide bonds. The number of nitrogens with two attached hydrogens (primary N) is 1. The topological polar surface area (TPSA) is 93.5 Å². The third-order valence-electron chi connectivity index (χ3n) is 2.20. The number of carbonyl (C=O) groups is 1. The van der Waals surface area contributed by atoms with Crippen LogP contribution in [-0.4, -0.2) is 17.1 Å². The second-order valence-corrected chi connectivity index (χ2v) is 4.29. The third-order valence-corrected chi connectivity index (χ3v) is 3.11. The van der Waals surface area contributed by atoms with E-state index in [4.69, 9.17) is 15.3 Å². The zero-order valence-corrected chi connectivity index (χ0v) is 8.99. The van der Waals surface area contributed by atoms with E-state index in [-0.39, 0.29) is 6.42 Å². The molecule has 1 aromatic heterocycles. The Balaban J connectivity index is 2.44. The molecule has 0 saturated carbocycles. The molecular weight excluding hydrogens is 230 g/mol. The Kier molecular flexibility index (Phi) is 2.76. The van der Waals surface area contributed by atoms with E-state index in [1.165, 1.54) is 0 Å². The van der Waals surface area contributed by atoms with E-state index in [9.17, 15) is 9.59 Å². The lowest BCUT2D eigenvalue weighted by Gasteiger charge is -2.06. The van der Waals surface area contributed by atoms with Crippen molar-refractivity contribution in [2.75, 3.05) is 0 Å². The summed E-state index contributed by atoms with van der Waals surface area (Å²) < 4.78 is 5.60. The van der Waals surface area contributed by atoms with Gasteiger partial charge in [-0.2, -0.15) is 0 Å². The Morgan fingerprint density at radius 3 is 3.00 bits per heavy atom. The summed E-state index contributed by atoms with van der Waals surface area (Å²) in [7, 11) is 0. The van der Waals surface area contributed by atoms with E-state index in [0.717, 1.165) is 16.9 Å². The maximum Gasteiger partial charge on any atom is 0.396 e. The summed E-state index contributed by atoms with van der Waals surface area (Å²) in [5.41, 5.74) is 6.64. The average molecular weight is 239 g/mol. The fourth-order valence-electron chi connectivity index (χ4n) is 1.44. The molecule has 0 aliphatic carbocycles. The van der Waals surface area contributed by atoms with E-state index < -0.39 is 17.0 Å². The van der Waals surface area contributed by atoms with E-state index in [0.29, 0.717) is 10.3 Å². The second-order valence-electron chi connectivity index (χ2n) is 3.35. The molecule has 84 valence electrons. The van der Waals surface area contributed by atoms with Crippen LogP contribution in [0.2, 0.25) is 0 Å². The minimum Gasteiger partial charge on any atom is -0.480 e. The summed E-state index contributed by atoms with van der Waals surface area (Å²) in [4.78, 5) is 21.3. The molecule has 0 saturated heterocycles. The van der Waals surface area contributed by atoms with Gasteiger partial charge in [-0.1, -0.05) is 23.5 Å². The van der Waals surface area contributed by atoms with Crippen LogP contribution in [0.5, 0.6) is 0 Å². The lowest BCUT2D eigenvalue weighted by molar-refractivity contribution is -0.138. The van der Waals surface area contributed by atoms with Crippen LogP contribution in [0.3, 0.4) is 0 Å². The number of hydrogen-bond acceptors (Lipinski definition) is 5. The smallest absolute Gasteiger partial charge is 0.396 e. The van der Waals surface area contributed by atoms with Crippen molar-refractivity contribution in [1.29, 1.82) is 0 Å². The summed E-state index contributed by atoms with van der Waals surface area (Å²) in [5.74, 6) is -1.06. The first-order chi connectivity index (χ1) is 7.58. The fraction of sp³-hybridized carbons (Fsp3) is 0.200. The first-order valence-electron chi connectivity index (χ1n) is 4.58. The van der Waals surface area contributed by atoms with Crippen molar-refractivity contribution in [2.45, 2.75) is 12.5 Å². The summed E-state index contributed by atoms with van der Waals surface area (Å²) in [6, 6.07) is 4.16. The largest absolute Gasteiger partial charge is 0.480 e. The molecule has 16 heavy (non-hydrogen) atoms. The van der Waals surface area contributed by atoms with Crippen LogP contribution >= 0.6 is 11.3 Å². The molecule has 3 N–H and O–H groups in total. The lowest BCUT2D eigenvalue weighted by atomic mass is 10.1. The third kappa shape index (κ3) is 1.98. The van der Waals surface area contributed by atoms with Crippen LogP contribution in [-0.2, 0) is 11.2 Å². The number of hydrogen-bond donors (Lipinski definition) is 2. The predicted molar refractivity (Wildman–Crippen MR) is 59.7 cm³/mol. The number of fused-ring (bicyclic) bond motifs is 1. The maximum atomic E-state index is 11.1. The monoisotopic (exact) mass is 239 g/mol. The molecule has 1 atom stereocenters. The highest BCUT2D eigenvalue weighted by atomic mass is 32.1. The highest BCUT2D eigenvalue weighted by molar-refractivity contribution is 7.16. The fourth-order valence-corrected chi connectivity index (χ4v) is 2.23. The lowest BCUT2D eigenvalue weighted by Crippen LogP contribution is -2.32. The van der Waals surface area contributed by atoms with Gasteiger partial charge in [-0.3, -0.25) is 4.79 Å². The molecule has 1 aromatic carbocycles. The number of benzene rings is 1. The molecule has 6 heteroatoms. The molecule has 0 bridgehead atoms.